The van der Waals surface area contributed by atoms with E-state index in [9.17, 15) is 13.6 Å². The molecule has 0 amide bonds. The molecule has 0 radical (unpaired) electrons. The van der Waals surface area contributed by atoms with Gasteiger partial charge in [-0.2, -0.15) is 5.26 Å². The van der Waals surface area contributed by atoms with Gasteiger partial charge in [0.25, 0.3) is 6.43 Å². The van der Waals surface area contributed by atoms with Crippen molar-refractivity contribution in [2.45, 2.75) is 13.0 Å². The van der Waals surface area contributed by atoms with Gasteiger partial charge < -0.3 is 10.5 Å². The first kappa shape index (κ1) is 13.1. The Balaban J connectivity index is 3.44. The number of rotatable bonds is 3. The largest absolute Gasteiger partial charge is 0.465 e. The van der Waals surface area contributed by atoms with Crippen LogP contribution < -0.4 is 5.73 Å². The first-order valence-corrected chi connectivity index (χ1v) is 4.68. The molecule has 90 valence electrons. The van der Waals surface area contributed by atoms with Gasteiger partial charge in [0.15, 0.2) is 0 Å². The van der Waals surface area contributed by atoms with Gasteiger partial charge >= 0.3 is 5.97 Å². The van der Waals surface area contributed by atoms with E-state index in [-0.39, 0.29) is 23.2 Å². The smallest absolute Gasteiger partial charge is 0.338 e. The number of nitriles is 1. The number of benzene rings is 1. The van der Waals surface area contributed by atoms with Crippen molar-refractivity contribution >= 4 is 5.97 Å². The molecule has 0 aromatic heterocycles. The highest BCUT2D eigenvalue weighted by Gasteiger charge is 2.19. The van der Waals surface area contributed by atoms with Gasteiger partial charge in [-0.25, -0.2) is 13.6 Å². The topological polar surface area (TPSA) is 76.1 Å². The highest BCUT2D eigenvalue weighted by atomic mass is 19.3. The molecule has 1 aromatic carbocycles. The van der Waals surface area contributed by atoms with Crippen LogP contribution in [0.5, 0.6) is 0 Å². The lowest BCUT2D eigenvalue weighted by Gasteiger charge is -2.10. The third-order valence-electron chi connectivity index (χ3n) is 2.26. The molecule has 1 rings (SSSR count). The molecule has 0 saturated carbocycles. The number of hydrogen-bond acceptors (Lipinski definition) is 4. The minimum absolute atomic E-state index is 0.0379. The van der Waals surface area contributed by atoms with Gasteiger partial charge in [-0.1, -0.05) is 0 Å². The summed E-state index contributed by atoms with van der Waals surface area (Å²) in [7, 11) is 1.16. The molecule has 2 N–H and O–H groups in total. The van der Waals surface area contributed by atoms with E-state index in [1.165, 1.54) is 0 Å². The van der Waals surface area contributed by atoms with E-state index in [0.717, 1.165) is 19.2 Å². The van der Waals surface area contributed by atoms with Crippen molar-refractivity contribution in [3.05, 3.63) is 34.4 Å². The van der Waals surface area contributed by atoms with Gasteiger partial charge in [0, 0.05) is 12.1 Å². The zero-order valence-electron chi connectivity index (χ0n) is 9.04. The van der Waals surface area contributed by atoms with Gasteiger partial charge in [0.1, 0.15) is 0 Å². The van der Waals surface area contributed by atoms with E-state index >= 15 is 0 Å². The number of ether oxygens (including phenoxy) is 1. The van der Waals surface area contributed by atoms with Crippen LogP contribution in [0.2, 0.25) is 0 Å². The normalized spacial score (nSPS) is 10.1. The molecule has 0 unspecified atom stereocenters. The Morgan fingerprint density at radius 1 is 1.59 bits per heavy atom. The predicted octanol–water partition coefficient (Wildman–Crippen LogP) is 1.74. The molecule has 0 aliphatic rings. The number of carbonyl (C=O) groups excluding carboxylic acids is 1. The highest BCUT2D eigenvalue weighted by molar-refractivity contribution is 5.91. The lowest BCUT2D eigenvalue weighted by Crippen LogP contribution is -2.11. The number of esters is 1. The minimum Gasteiger partial charge on any atom is -0.465 e. The summed E-state index contributed by atoms with van der Waals surface area (Å²) in [6.45, 7) is -0.0874. The number of nitrogens with two attached hydrogens (primary N) is 1. The van der Waals surface area contributed by atoms with Crippen molar-refractivity contribution in [1.82, 2.24) is 0 Å². The van der Waals surface area contributed by atoms with Gasteiger partial charge in [-0.15, -0.1) is 0 Å². The van der Waals surface area contributed by atoms with Crippen LogP contribution in [-0.2, 0) is 11.3 Å². The van der Waals surface area contributed by atoms with Crippen LogP contribution in [0.1, 0.15) is 33.5 Å². The Labute approximate surface area is 96.6 Å². The van der Waals surface area contributed by atoms with Crippen LogP contribution in [0, 0.1) is 11.3 Å². The monoisotopic (exact) mass is 240 g/mol. The molecule has 0 aliphatic carbocycles. The minimum atomic E-state index is -2.79. The molecule has 0 spiro atoms. The number of carbonyl (C=O) groups is 1. The molecule has 0 bridgehead atoms. The summed E-state index contributed by atoms with van der Waals surface area (Å²) in [6, 6.07) is 3.76. The van der Waals surface area contributed by atoms with E-state index in [1.54, 1.807) is 6.07 Å². The molecular formula is C11H10F2N2O2. The lowest BCUT2D eigenvalue weighted by molar-refractivity contribution is 0.0599. The van der Waals surface area contributed by atoms with E-state index < -0.39 is 18.0 Å². The molecule has 0 atom stereocenters. The third-order valence-corrected chi connectivity index (χ3v) is 2.26. The summed E-state index contributed by atoms with van der Waals surface area (Å²) in [6.07, 6.45) is -2.79. The summed E-state index contributed by atoms with van der Waals surface area (Å²) in [5.74, 6) is -0.706. The third kappa shape index (κ3) is 2.57. The van der Waals surface area contributed by atoms with Gasteiger partial charge in [-0.3, -0.25) is 0 Å². The zero-order chi connectivity index (χ0) is 13.0. The number of methoxy groups -OCH3 is 1. The Bertz CT molecular complexity index is 481. The lowest BCUT2D eigenvalue weighted by atomic mass is 9.99. The summed E-state index contributed by atoms with van der Waals surface area (Å²) in [4.78, 5) is 11.4. The number of nitrogens with zero attached hydrogens (tertiary/aromatic N) is 1. The van der Waals surface area contributed by atoms with Crippen molar-refractivity contribution in [1.29, 1.82) is 5.26 Å². The fourth-order valence-corrected chi connectivity index (χ4v) is 1.41. The molecule has 0 fully saturated rings. The number of alkyl halides is 2. The van der Waals surface area contributed by atoms with Crippen molar-refractivity contribution in [2.24, 2.45) is 5.73 Å². The van der Waals surface area contributed by atoms with Crippen LogP contribution in [0.15, 0.2) is 12.1 Å². The van der Waals surface area contributed by atoms with Crippen LogP contribution in [0.4, 0.5) is 8.78 Å². The van der Waals surface area contributed by atoms with Crippen LogP contribution in [-0.4, -0.2) is 13.1 Å². The van der Waals surface area contributed by atoms with E-state index in [1.807, 2.05) is 0 Å². The highest BCUT2D eigenvalue weighted by Crippen LogP contribution is 2.26. The Morgan fingerprint density at radius 2 is 2.24 bits per heavy atom. The molecule has 4 nitrogen and oxygen atoms in total. The van der Waals surface area contributed by atoms with Gasteiger partial charge in [0.2, 0.25) is 0 Å². The van der Waals surface area contributed by atoms with E-state index in [4.69, 9.17) is 11.0 Å². The van der Waals surface area contributed by atoms with Gasteiger partial charge in [-0.05, 0) is 17.7 Å². The standard InChI is InChI=1S/C11H10F2N2O2/c1-17-11(16)9-3-6(4-14)8(10(12)13)2-7(9)5-15/h2-3,10H,5,15H2,1H3. The average molecular weight is 240 g/mol. The quantitative estimate of drug-likeness (QED) is 0.816. The summed E-state index contributed by atoms with van der Waals surface area (Å²) in [5.41, 5.74) is 4.95. The Morgan fingerprint density at radius 3 is 2.65 bits per heavy atom. The summed E-state index contributed by atoms with van der Waals surface area (Å²) in [5, 5.41) is 8.74. The van der Waals surface area contributed by atoms with Crippen molar-refractivity contribution in [3.8, 4) is 6.07 Å². The Hall–Kier alpha value is -2.00. The number of halogens is 2. The fraction of sp³-hybridized carbons (Fsp3) is 0.273. The number of hydrogen-bond donors (Lipinski definition) is 1. The molecule has 0 heterocycles. The molecule has 17 heavy (non-hydrogen) atoms. The fourth-order valence-electron chi connectivity index (χ4n) is 1.41. The molecule has 6 heteroatoms. The molecule has 0 saturated heterocycles. The van der Waals surface area contributed by atoms with Crippen molar-refractivity contribution in [2.75, 3.05) is 7.11 Å². The van der Waals surface area contributed by atoms with Gasteiger partial charge in [0.05, 0.1) is 24.3 Å². The first-order valence-electron chi connectivity index (χ1n) is 4.68. The first-order chi connectivity index (χ1) is 8.04. The summed E-state index contributed by atoms with van der Waals surface area (Å²) < 4.78 is 29.8. The van der Waals surface area contributed by atoms with E-state index in [2.05, 4.69) is 4.74 Å². The second-order valence-electron chi connectivity index (χ2n) is 3.20. The second kappa shape index (κ2) is 5.37. The SMILES string of the molecule is COC(=O)c1cc(C#N)c(C(F)F)cc1CN. The van der Waals surface area contributed by atoms with E-state index in [0.29, 0.717) is 0 Å². The summed E-state index contributed by atoms with van der Waals surface area (Å²) >= 11 is 0. The van der Waals surface area contributed by atoms with Crippen molar-refractivity contribution in [3.63, 3.8) is 0 Å². The van der Waals surface area contributed by atoms with Crippen LogP contribution >= 0.6 is 0 Å². The second-order valence-corrected chi connectivity index (χ2v) is 3.20. The maximum atomic E-state index is 12.6. The van der Waals surface area contributed by atoms with Crippen LogP contribution in [0.25, 0.3) is 0 Å². The molecular weight excluding hydrogens is 230 g/mol. The molecule has 0 aliphatic heterocycles. The maximum Gasteiger partial charge on any atom is 0.338 e. The Kier molecular flexibility index (Phi) is 4.12. The van der Waals surface area contributed by atoms with Crippen LogP contribution in [0.3, 0.4) is 0 Å². The van der Waals surface area contributed by atoms with Crippen molar-refractivity contribution < 1.29 is 18.3 Å². The molecule has 1 aromatic rings. The average Bonchev–Trinajstić information content (AvgIpc) is 2.35. The maximum absolute atomic E-state index is 12.6. The zero-order valence-corrected chi connectivity index (χ0v) is 9.04. The predicted molar refractivity (Wildman–Crippen MR) is 55.3 cm³/mol.